The molecule has 11 heteroatoms. The molecular weight excluding hydrogens is 396 g/mol. The monoisotopic (exact) mass is 418 g/mol. The molecule has 150 valence electrons. The molecule has 1 fully saturated rings. The van der Waals surface area contributed by atoms with Gasteiger partial charge in [0.15, 0.2) is 0 Å². The van der Waals surface area contributed by atoms with E-state index in [-0.39, 0.29) is 24.6 Å². The zero-order valence-electron chi connectivity index (χ0n) is 15.1. The number of nitrogens with zero attached hydrogens (tertiary/aromatic N) is 2. The van der Waals surface area contributed by atoms with Crippen LogP contribution in [0.3, 0.4) is 0 Å². The van der Waals surface area contributed by atoms with Gasteiger partial charge in [-0.1, -0.05) is 11.6 Å². The topological polar surface area (TPSA) is 108 Å². The third-order valence-corrected chi connectivity index (χ3v) is 6.01. The summed E-state index contributed by atoms with van der Waals surface area (Å²) in [7, 11) is -0.111. The summed E-state index contributed by atoms with van der Waals surface area (Å²) in [5.74, 6) is -1.62. The minimum Gasteiger partial charge on any atom is -0.359 e. The van der Waals surface area contributed by atoms with Crippen molar-refractivity contribution in [3.8, 4) is 0 Å². The van der Waals surface area contributed by atoms with Crippen molar-refractivity contribution >= 4 is 33.4 Å². The second kappa shape index (κ2) is 9.47. The Labute approximate surface area is 163 Å². The van der Waals surface area contributed by atoms with Gasteiger partial charge in [0.05, 0.1) is 18.0 Å². The number of carbonyl (C=O) groups is 2. The zero-order chi connectivity index (χ0) is 20.0. The molecular formula is C16H23ClN4O5S. The fraction of sp³-hybridized carbons (Fsp3) is 0.500. The lowest BCUT2D eigenvalue weighted by atomic mass is 10.4. The molecule has 0 aromatic heterocycles. The lowest BCUT2D eigenvalue weighted by molar-refractivity contribution is -0.139. The summed E-state index contributed by atoms with van der Waals surface area (Å²) in [6, 6.07) is 5.79. The number of halogens is 1. The number of benzene rings is 1. The first-order chi connectivity index (χ1) is 12.7. The minimum atomic E-state index is -3.80. The summed E-state index contributed by atoms with van der Waals surface area (Å²) < 4.78 is 32.1. The van der Waals surface area contributed by atoms with E-state index in [1.54, 1.807) is 0 Å². The van der Waals surface area contributed by atoms with Crippen LogP contribution in [-0.4, -0.2) is 82.5 Å². The van der Waals surface area contributed by atoms with Crippen LogP contribution < -0.4 is 10.6 Å². The van der Waals surface area contributed by atoms with Gasteiger partial charge in [0.25, 0.3) is 0 Å². The van der Waals surface area contributed by atoms with Crippen molar-refractivity contribution in [1.82, 2.24) is 19.8 Å². The summed E-state index contributed by atoms with van der Waals surface area (Å²) in [6.07, 6.45) is -0.885. The Morgan fingerprint density at radius 1 is 1.22 bits per heavy atom. The van der Waals surface area contributed by atoms with Crippen molar-refractivity contribution in [1.29, 1.82) is 0 Å². The number of hydrogen-bond acceptors (Lipinski definition) is 6. The summed E-state index contributed by atoms with van der Waals surface area (Å²) >= 11 is 5.80. The summed E-state index contributed by atoms with van der Waals surface area (Å²) in [5.41, 5.74) is 0. The third kappa shape index (κ3) is 5.88. The van der Waals surface area contributed by atoms with E-state index in [0.717, 1.165) is 4.31 Å². The average Bonchev–Trinajstić information content (AvgIpc) is 3.09. The fourth-order valence-electron chi connectivity index (χ4n) is 2.42. The van der Waals surface area contributed by atoms with Gasteiger partial charge >= 0.3 is 11.8 Å². The highest BCUT2D eigenvalue weighted by molar-refractivity contribution is 7.89. The molecule has 1 aromatic carbocycles. The predicted octanol–water partition coefficient (Wildman–Crippen LogP) is -0.519. The Bertz CT molecular complexity index is 770. The van der Waals surface area contributed by atoms with Crippen LogP contribution in [0.2, 0.25) is 5.02 Å². The quantitative estimate of drug-likeness (QED) is 0.577. The number of hydrogen-bond donors (Lipinski definition) is 2. The van der Waals surface area contributed by atoms with E-state index < -0.39 is 28.1 Å². The molecule has 2 amide bonds. The van der Waals surface area contributed by atoms with Crippen LogP contribution in [0.25, 0.3) is 0 Å². The van der Waals surface area contributed by atoms with E-state index in [4.69, 9.17) is 16.3 Å². The van der Waals surface area contributed by atoms with E-state index in [2.05, 4.69) is 10.6 Å². The van der Waals surface area contributed by atoms with Crippen LogP contribution in [-0.2, 0) is 24.3 Å². The molecule has 1 aliphatic heterocycles. The number of ether oxygens (including phenoxy) is 1. The van der Waals surface area contributed by atoms with Gasteiger partial charge in [-0.3, -0.25) is 9.59 Å². The average molecular weight is 419 g/mol. The van der Waals surface area contributed by atoms with Crippen molar-refractivity contribution in [2.75, 3.05) is 46.9 Å². The number of amides is 2. The molecule has 27 heavy (non-hydrogen) atoms. The molecule has 0 spiro atoms. The number of sulfonamides is 1. The molecule has 1 unspecified atom stereocenters. The summed E-state index contributed by atoms with van der Waals surface area (Å²) in [5, 5.41) is 5.32. The molecule has 0 aliphatic carbocycles. The highest BCUT2D eigenvalue weighted by Crippen LogP contribution is 2.23. The third-order valence-electron chi connectivity index (χ3n) is 3.85. The highest BCUT2D eigenvalue weighted by Gasteiger charge is 2.36. The Morgan fingerprint density at radius 2 is 1.85 bits per heavy atom. The van der Waals surface area contributed by atoms with Crippen LogP contribution in [0.5, 0.6) is 0 Å². The van der Waals surface area contributed by atoms with Crippen molar-refractivity contribution in [2.45, 2.75) is 11.1 Å². The van der Waals surface area contributed by atoms with Crippen molar-refractivity contribution < 1.29 is 22.7 Å². The van der Waals surface area contributed by atoms with Gasteiger partial charge < -0.3 is 20.3 Å². The molecule has 0 saturated carbocycles. The molecule has 2 rings (SSSR count). The molecule has 0 bridgehead atoms. The number of carbonyl (C=O) groups excluding carboxylic acids is 2. The first kappa shape index (κ1) is 21.6. The van der Waals surface area contributed by atoms with Gasteiger partial charge in [0.2, 0.25) is 10.0 Å². The maximum absolute atomic E-state index is 12.7. The Hall–Kier alpha value is -1.72. The van der Waals surface area contributed by atoms with E-state index in [1.165, 1.54) is 24.3 Å². The number of likely N-dealkylation sites (N-methyl/N-ethyl adjacent to an activating group) is 1. The molecule has 1 heterocycles. The normalized spacial score (nSPS) is 17.9. The molecule has 1 atom stereocenters. The smallest absolute Gasteiger partial charge is 0.309 e. The van der Waals surface area contributed by atoms with Gasteiger partial charge in [0, 0.05) is 24.7 Å². The zero-order valence-corrected chi connectivity index (χ0v) is 16.7. The molecule has 0 radical (unpaired) electrons. The van der Waals surface area contributed by atoms with Crippen molar-refractivity contribution in [3.63, 3.8) is 0 Å². The first-order valence-corrected chi connectivity index (χ1v) is 10.1. The largest absolute Gasteiger partial charge is 0.359 e. The molecule has 2 N–H and O–H groups in total. The van der Waals surface area contributed by atoms with Crippen molar-refractivity contribution in [3.05, 3.63) is 29.3 Å². The fourth-order valence-corrected chi connectivity index (χ4v) is 4.05. The Morgan fingerprint density at radius 3 is 2.48 bits per heavy atom. The van der Waals surface area contributed by atoms with Crippen LogP contribution in [0.4, 0.5) is 0 Å². The van der Waals surface area contributed by atoms with Gasteiger partial charge in [0.1, 0.15) is 6.23 Å². The van der Waals surface area contributed by atoms with E-state index in [9.17, 15) is 18.0 Å². The van der Waals surface area contributed by atoms with E-state index >= 15 is 0 Å². The number of nitrogens with one attached hydrogen (secondary N) is 2. The first-order valence-electron chi connectivity index (χ1n) is 8.31. The van der Waals surface area contributed by atoms with Gasteiger partial charge in [-0.05, 0) is 38.4 Å². The van der Waals surface area contributed by atoms with E-state index in [0.29, 0.717) is 18.1 Å². The molecule has 1 aliphatic rings. The predicted molar refractivity (Wildman–Crippen MR) is 99.7 cm³/mol. The molecule has 9 nitrogen and oxygen atoms in total. The Kier molecular flexibility index (Phi) is 7.57. The minimum absolute atomic E-state index is 0.0788. The second-order valence-electron chi connectivity index (χ2n) is 6.16. The maximum Gasteiger partial charge on any atom is 0.309 e. The van der Waals surface area contributed by atoms with Crippen LogP contribution >= 0.6 is 11.6 Å². The second-order valence-corrected chi connectivity index (χ2v) is 8.49. The van der Waals surface area contributed by atoms with Crippen LogP contribution in [0.1, 0.15) is 0 Å². The summed E-state index contributed by atoms with van der Waals surface area (Å²) in [6.45, 7) is 1.14. The van der Waals surface area contributed by atoms with Gasteiger partial charge in [-0.25, -0.2) is 8.42 Å². The lowest BCUT2D eigenvalue weighted by Crippen LogP contribution is -2.48. The Balaban J connectivity index is 1.93. The lowest BCUT2D eigenvalue weighted by Gasteiger charge is -2.22. The standard InChI is InChI=1S/C16H23ClN4O5S/c1-20(2)8-7-18-15(22)16(23)19-11-14-21(9-10-26-14)27(24,25)13-5-3-12(17)4-6-13/h3-6,14H,7-11H2,1-2H3,(H,18,22)(H,19,23). The van der Waals surface area contributed by atoms with Gasteiger partial charge in [-0.2, -0.15) is 4.31 Å². The van der Waals surface area contributed by atoms with Crippen LogP contribution in [0.15, 0.2) is 29.2 Å². The highest BCUT2D eigenvalue weighted by atomic mass is 35.5. The maximum atomic E-state index is 12.7. The molecule has 1 saturated heterocycles. The van der Waals surface area contributed by atoms with E-state index in [1.807, 2.05) is 19.0 Å². The summed E-state index contributed by atoms with van der Waals surface area (Å²) in [4.78, 5) is 25.5. The SMILES string of the molecule is CN(C)CCNC(=O)C(=O)NCC1OCCN1S(=O)(=O)c1ccc(Cl)cc1. The van der Waals surface area contributed by atoms with Gasteiger partial charge in [-0.15, -0.1) is 0 Å². The number of rotatable bonds is 7. The van der Waals surface area contributed by atoms with Crippen LogP contribution in [0, 0.1) is 0 Å². The molecule has 1 aromatic rings. The van der Waals surface area contributed by atoms with Crippen molar-refractivity contribution in [2.24, 2.45) is 0 Å².